The fourth-order valence-corrected chi connectivity index (χ4v) is 10.7. The number of methoxy groups -OCH3 is 4. The molecule has 1 heterocycles. The molecule has 35 nitrogen and oxygen atoms in total. The van der Waals surface area contributed by atoms with Crippen LogP contribution in [0.2, 0.25) is 0 Å². The number of aliphatic hydroxyl groups is 1. The van der Waals surface area contributed by atoms with Crippen LogP contribution >= 0.6 is 11.8 Å². The molecule has 1 aliphatic heterocycles. The molecule has 2 aromatic carbocycles. The van der Waals surface area contributed by atoms with Crippen LogP contribution in [0.15, 0.2) is 53.5 Å². The van der Waals surface area contributed by atoms with Gasteiger partial charge in [-0.25, -0.2) is 0 Å². The lowest BCUT2D eigenvalue weighted by Crippen LogP contribution is -2.55. The van der Waals surface area contributed by atoms with Crippen molar-refractivity contribution in [1.82, 2.24) is 55.1 Å². The normalized spacial score (nSPS) is 11.9. The maximum atomic E-state index is 14.8. The lowest BCUT2D eigenvalue weighted by molar-refractivity contribution is -0.149. The predicted molar refractivity (Wildman–Crippen MR) is 379 cm³/mol. The van der Waals surface area contributed by atoms with E-state index in [-0.39, 0.29) is 150 Å². The van der Waals surface area contributed by atoms with Crippen LogP contribution in [0.25, 0.3) is 0 Å². The van der Waals surface area contributed by atoms with E-state index in [1.807, 2.05) is 6.26 Å². The van der Waals surface area contributed by atoms with Crippen LogP contribution in [0, 0.1) is 0 Å². The van der Waals surface area contributed by atoms with Crippen molar-refractivity contribution >= 4 is 82.7 Å². The van der Waals surface area contributed by atoms with Gasteiger partial charge in [0.25, 0.3) is 0 Å². The molecule has 14 N–H and O–H groups in total. The minimum absolute atomic E-state index is 0.00657. The zero-order chi connectivity index (χ0) is 75.2. The Morgan fingerprint density at radius 1 is 0.520 bits per heavy atom. The summed E-state index contributed by atoms with van der Waals surface area (Å²) in [6.45, 7) is -5.17. The maximum Gasteiger partial charge on any atom is 0.243 e. The quantitative estimate of drug-likeness (QED) is 0.0172. The summed E-state index contributed by atoms with van der Waals surface area (Å²) >= 11 is 1.44. The van der Waals surface area contributed by atoms with Crippen LogP contribution < -0.4 is 54.1 Å². The number of amides is 11. The highest BCUT2D eigenvalue weighted by Crippen LogP contribution is 2.33. The molecular weight excluding hydrogens is 1350 g/mol. The summed E-state index contributed by atoms with van der Waals surface area (Å²) in [4.78, 5) is 169. The van der Waals surface area contributed by atoms with E-state index in [0.717, 1.165) is 14.7 Å². The number of aliphatic imine (C=N–C) groups is 1. The van der Waals surface area contributed by atoms with E-state index >= 15 is 0 Å². The summed E-state index contributed by atoms with van der Waals surface area (Å²) in [5.74, 6) is -6.17. The standard InChI is InChI=1S/C66H109N17O18S/c1-96-31-26-78(40-55(85)74-52(16-13-22-73-66(70)71)65(95)75-51(64(69)94)19-35-102-5)58(88)43-79(27-32-97-2)60(90)45-81(29-34-99-4)61(91)44-80(28-33-98-3)59(89)42-76(24-11-9-20-67)57(87)41-77(25-12-10-21-68)62(92)46-83(38-49-14-7-6-8-15-49)63(93)47-82(56(86)37-72-23-30-84)39-50-17-18-53-54(36-50)101-48-100-53/h6-8,14-15,17-18,36,51-52,72,84H,9-13,16,19-35,37-48,67-68H2,1-5H3,(H2,69,94)(H,74,85)(H,75,95)(H4,70,71,73)/t51-,52-/m0/s1. The van der Waals surface area contributed by atoms with Gasteiger partial charge in [-0.2, -0.15) is 11.8 Å². The van der Waals surface area contributed by atoms with Gasteiger partial charge in [-0.3, -0.25) is 57.7 Å². The Morgan fingerprint density at radius 3 is 1.41 bits per heavy atom. The molecule has 11 amide bonds. The second-order valence-corrected chi connectivity index (χ2v) is 24.7. The van der Waals surface area contributed by atoms with Crippen LogP contribution in [-0.4, -0.2) is 332 Å². The van der Waals surface area contributed by atoms with E-state index < -0.39 is 129 Å². The second kappa shape index (κ2) is 50.8. The van der Waals surface area contributed by atoms with Gasteiger partial charge in [-0.05, 0) is 93.3 Å². The summed E-state index contributed by atoms with van der Waals surface area (Å²) in [6, 6.07) is 11.8. The Hall–Kier alpha value is -8.49. The van der Waals surface area contributed by atoms with E-state index in [4.69, 9.17) is 57.1 Å². The zero-order valence-corrected chi connectivity index (χ0v) is 60.5. The van der Waals surface area contributed by atoms with Crippen LogP contribution in [0.1, 0.15) is 56.1 Å². The van der Waals surface area contributed by atoms with Crippen molar-refractivity contribution in [2.75, 3.05) is 205 Å². The van der Waals surface area contributed by atoms with Gasteiger partial charge >= 0.3 is 0 Å². The predicted octanol–water partition coefficient (Wildman–Crippen LogP) is -4.35. The van der Waals surface area contributed by atoms with Crippen molar-refractivity contribution in [2.45, 2.75) is 70.1 Å². The van der Waals surface area contributed by atoms with Crippen molar-refractivity contribution in [3.05, 3.63) is 59.7 Å². The Labute approximate surface area is 601 Å². The lowest BCUT2D eigenvalue weighted by atomic mass is 10.1. The summed E-state index contributed by atoms with van der Waals surface area (Å²) in [6.07, 6.45) is 3.92. The van der Waals surface area contributed by atoms with Gasteiger partial charge < -0.3 is 117 Å². The number of hydrogen-bond acceptors (Lipinski definition) is 23. The summed E-state index contributed by atoms with van der Waals surface area (Å²) in [5.41, 5.74) is 29.7. The van der Waals surface area contributed by atoms with E-state index in [2.05, 4.69) is 20.9 Å². The first kappa shape index (κ1) is 87.7. The molecule has 2 aromatic rings. The Bertz CT molecular complexity index is 2960. The number of ether oxygens (including phenoxy) is 6. The van der Waals surface area contributed by atoms with Gasteiger partial charge in [0.1, 0.15) is 25.2 Å². The first-order chi connectivity index (χ1) is 49.1. The number of nitrogens with one attached hydrogen (secondary N) is 3. The van der Waals surface area contributed by atoms with Crippen LogP contribution in [0.5, 0.6) is 11.5 Å². The highest BCUT2D eigenvalue weighted by atomic mass is 32.2. The number of thioether (sulfide) groups is 1. The molecule has 0 radical (unpaired) electrons. The number of rotatable bonds is 55. The molecule has 0 bridgehead atoms. The number of carbonyl (C=O) groups excluding carboxylic acids is 11. The number of benzene rings is 2. The monoisotopic (exact) mass is 1460 g/mol. The van der Waals surface area contributed by atoms with Gasteiger partial charge in [-0.15, -0.1) is 0 Å². The molecule has 1 aliphatic rings. The number of unbranched alkanes of at least 4 members (excludes halogenated alkanes) is 2. The number of hydrogen-bond donors (Lipinski definition) is 9. The first-order valence-electron chi connectivity index (χ1n) is 33.8. The fraction of sp³-hybridized carbons (Fsp3) is 0.636. The van der Waals surface area contributed by atoms with Crippen molar-refractivity contribution in [3.63, 3.8) is 0 Å². The van der Waals surface area contributed by atoms with Gasteiger partial charge in [-0.1, -0.05) is 36.4 Å². The summed E-state index contributed by atoms with van der Waals surface area (Å²) in [7, 11) is 5.53. The van der Waals surface area contributed by atoms with Crippen molar-refractivity contribution in [2.24, 2.45) is 33.7 Å². The number of nitrogens with zero attached hydrogens (tertiary/aromatic N) is 9. The molecule has 0 aliphatic carbocycles. The molecule has 36 heteroatoms. The molecule has 0 spiro atoms. The molecule has 102 heavy (non-hydrogen) atoms. The minimum atomic E-state index is -1.22. The minimum Gasteiger partial charge on any atom is -0.454 e. The molecule has 572 valence electrons. The molecule has 2 atom stereocenters. The van der Waals surface area contributed by atoms with E-state index in [0.29, 0.717) is 54.1 Å². The van der Waals surface area contributed by atoms with E-state index in [1.54, 1.807) is 48.5 Å². The molecule has 3 rings (SSSR count). The number of primary amides is 1. The maximum absolute atomic E-state index is 14.8. The third kappa shape index (κ3) is 34.0. The van der Waals surface area contributed by atoms with Gasteiger partial charge in [0.2, 0.25) is 71.8 Å². The highest BCUT2D eigenvalue weighted by molar-refractivity contribution is 7.98. The first-order valence-corrected chi connectivity index (χ1v) is 35.2. The second-order valence-electron chi connectivity index (χ2n) is 23.7. The third-order valence-electron chi connectivity index (χ3n) is 15.9. The van der Waals surface area contributed by atoms with Crippen LogP contribution in [-0.2, 0) is 84.8 Å². The number of guanidine groups is 1. The van der Waals surface area contributed by atoms with Gasteiger partial charge in [0, 0.05) is 93.9 Å². The largest absolute Gasteiger partial charge is 0.454 e. The van der Waals surface area contributed by atoms with Gasteiger partial charge in [0.05, 0.1) is 78.8 Å². The van der Waals surface area contributed by atoms with Crippen molar-refractivity contribution in [3.8, 4) is 11.5 Å². The average Bonchev–Trinajstić information content (AvgIpc) is 1.48. The number of nitrogens with two attached hydrogens (primary N) is 5. The summed E-state index contributed by atoms with van der Waals surface area (Å²) in [5, 5.41) is 17.5. The lowest BCUT2D eigenvalue weighted by Gasteiger charge is -2.33. The zero-order valence-electron chi connectivity index (χ0n) is 59.7. The number of fused-ring (bicyclic) bond motifs is 1. The molecule has 0 aromatic heterocycles. The number of aliphatic hydroxyl groups excluding tert-OH is 1. The van der Waals surface area contributed by atoms with E-state index in [9.17, 15) is 57.8 Å². The van der Waals surface area contributed by atoms with Crippen LogP contribution in [0.3, 0.4) is 0 Å². The highest BCUT2D eigenvalue weighted by Gasteiger charge is 2.33. The van der Waals surface area contributed by atoms with Crippen LogP contribution in [0.4, 0.5) is 0 Å². The van der Waals surface area contributed by atoms with Gasteiger partial charge in [0.15, 0.2) is 17.5 Å². The molecule has 0 fully saturated rings. The Kier molecular flexibility index (Phi) is 43.7. The third-order valence-corrected chi connectivity index (χ3v) is 16.6. The Morgan fingerprint density at radius 2 is 0.961 bits per heavy atom. The SMILES string of the molecule is COCCN(CC(=O)N[C@@H](CCCN=C(N)N)C(=O)N[C@@H](CCSC)C(N)=O)C(=O)CN(CCOC)C(=O)CN(CCOC)C(=O)CN(CCOC)C(=O)CN(CCCCN)C(=O)CN(CCCCN)C(=O)CN(Cc1ccccc1)C(=O)CN(Cc1ccc2c(c1)OCO2)C(=O)CNCCO. The van der Waals surface area contributed by atoms with Crippen molar-refractivity contribution < 1.29 is 86.3 Å². The smallest absolute Gasteiger partial charge is 0.243 e. The molecule has 0 saturated heterocycles. The summed E-state index contributed by atoms with van der Waals surface area (Å²) < 4.78 is 32.3. The Balaban J connectivity index is 1.92. The molecular formula is C66H109N17O18S. The average molecular weight is 1460 g/mol. The van der Waals surface area contributed by atoms with Crippen molar-refractivity contribution in [1.29, 1.82) is 0 Å². The molecule has 0 unspecified atom stereocenters. The topological polar surface area (TPSA) is 468 Å². The number of carbonyl (C=O) groups is 11. The fourth-order valence-electron chi connectivity index (χ4n) is 10.2. The van der Waals surface area contributed by atoms with E-state index in [1.165, 1.54) is 64.7 Å². The molecule has 0 saturated carbocycles.